The van der Waals surface area contributed by atoms with Crippen LogP contribution in [-0.2, 0) is 9.59 Å². The molecule has 0 radical (unpaired) electrons. The molecule has 2 aliphatic rings. The Kier molecular flexibility index (Phi) is 1.51. The van der Waals surface area contributed by atoms with Crippen molar-refractivity contribution in [3.63, 3.8) is 0 Å². The molecule has 4 nitrogen and oxygen atoms in total. The van der Waals surface area contributed by atoms with Gasteiger partial charge in [-0.25, -0.2) is 10.9 Å². The molecular formula is C8H10N2O2. The number of nitrogens with two attached hydrogens (primary N) is 1. The van der Waals surface area contributed by atoms with Gasteiger partial charge in [0.25, 0.3) is 11.8 Å². The zero-order chi connectivity index (χ0) is 8.72. The Hall–Kier alpha value is -1.16. The van der Waals surface area contributed by atoms with Gasteiger partial charge in [0, 0.05) is 11.1 Å². The first kappa shape index (κ1) is 7.49. The van der Waals surface area contributed by atoms with Crippen LogP contribution in [0.5, 0.6) is 0 Å². The molecule has 0 bridgehead atoms. The molecule has 0 aromatic heterocycles. The highest BCUT2D eigenvalue weighted by Gasteiger charge is 2.36. The Labute approximate surface area is 70.0 Å². The van der Waals surface area contributed by atoms with Gasteiger partial charge in [0.2, 0.25) is 0 Å². The second-order valence-corrected chi connectivity index (χ2v) is 3.14. The topological polar surface area (TPSA) is 63.4 Å². The van der Waals surface area contributed by atoms with Crippen LogP contribution in [0.2, 0.25) is 0 Å². The number of hydrazine groups is 1. The standard InChI is InChI=1S/C8H10N2O2/c9-10-7(11)5-3-1-2-4-6(5)8(10)12/h1-4,9H2. The average Bonchev–Trinajstić information content (AvgIpc) is 2.33. The van der Waals surface area contributed by atoms with E-state index in [4.69, 9.17) is 5.84 Å². The molecule has 0 saturated carbocycles. The van der Waals surface area contributed by atoms with Crippen LogP contribution in [-0.4, -0.2) is 16.8 Å². The molecular weight excluding hydrogens is 156 g/mol. The number of carbonyl (C=O) groups is 2. The van der Waals surface area contributed by atoms with Crippen molar-refractivity contribution in [1.82, 2.24) is 5.01 Å². The molecule has 0 aromatic rings. The molecule has 1 aliphatic carbocycles. The van der Waals surface area contributed by atoms with Gasteiger partial charge in [-0.05, 0) is 25.7 Å². The summed E-state index contributed by atoms with van der Waals surface area (Å²) < 4.78 is 0. The van der Waals surface area contributed by atoms with Crippen molar-refractivity contribution < 1.29 is 9.59 Å². The lowest BCUT2D eigenvalue weighted by molar-refractivity contribution is -0.137. The summed E-state index contributed by atoms with van der Waals surface area (Å²) in [7, 11) is 0. The monoisotopic (exact) mass is 166 g/mol. The van der Waals surface area contributed by atoms with E-state index >= 15 is 0 Å². The van der Waals surface area contributed by atoms with E-state index in [1.165, 1.54) is 0 Å². The number of nitrogens with zero attached hydrogens (tertiary/aromatic N) is 1. The first-order chi connectivity index (χ1) is 5.72. The van der Waals surface area contributed by atoms with Crippen LogP contribution in [0.1, 0.15) is 25.7 Å². The average molecular weight is 166 g/mol. The minimum Gasteiger partial charge on any atom is -0.267 e. The number of amides is 2. The summed E-state index contributed by atoms with van der Waals surface area (Å²) in [5, 5.41) is 0.732. The molecule has 2 N–H and O–H groups in total. The molecule has 2 rings (SSSR count). The zero-order valence-electron chi connectivity index (χ0n) is 6.67. The fourth-order valence-electron chi connectivity index (χ4n) is 1.76. The van der Waals surface area contributed by atoms with Crippen LogP contribution < -0.4 is 5.84 Å². The number of rotatable bonds is 0. The predicted molar refractivity (Wildman–Crippen MR) is 41.5 cm³/mol. The first-order valence-corrected chi connectivity index (χ1v) is 4.07. The fourth-order valence-corrected chi connectivity index (χ4v) is 1.76. The molecule has 0 saturated heterocycles. The summed E-state index contributed by atoms with van der Waals surface area (Å²) >= 11 is 0. The number of carbonyl (C=O) groups excluding carboxylic acids is 2. The molecule has 0 spiro atoms. The molecule has 64 valence electrons. The summed E-state index contributed by atoms with van der Waals surface area (Å²) in [4.78, 5) is 22.5. The van der Waals surface area contributed by atoms with Crippen LogP contribution >= 0.6 is 0 Å². The van der Waals surface area contributed by atoms with Crippen LogP contribution in [0.25, 0.3) is 0 Å². The molecule has 1 heterocycles. The van der Waals surface area contributed by atoms with Crippen molar-refractivity contribution in [3.05, 3.63) is 11.1 Å². The van der Waals surface area contributed by atoms with Gasteiger partial charge in [0.05, 0.1) is 0 Å². The smallest absolute Gasteiger partial charge is 0.267 e. The van der Waals surface area contributed by atoms with Gasteiger partial charge in [-0.1, -0.05) is 0 Å². The molecule has 0 unspecified atom stereocenters. The third-order valence-corrected chi connectivity index (χ3v) is 2.42. The SMILES string of the molecule is NN1C(=O)C2=C(CCCC2)C1=O. The molecule has 0 atom stereocenters. The van der Waals surface area contributed by atoms with Crippen molar-refractivity contribution in [1.29, 1.82) is 0 Å². The van der Waals surface area contributed by atoms with E-state index in [1.807, 2.05) is 0 Å². The maximum Gasteiger partial charge on any atom is 0.271 e. The molecule has 0 fully saturated rings. The van der Waals surface area contributed by atoms with Gasteiger partial charge in [-0.2, -0.15) is 0 Å². The van der Waals surface area contributed by atoms with E-state index in [2.05, 4.69) is 0 Å². The summed E-state index contributed by atoms with van der Waals surface area (Å²) in [6, 6.07) is 0. The van der Waals surface area contributed by atoms with Crippen LogP contribution in [0.4, 0.5) is 0 Å². The lowest BCUT2D eigenvalue weighted by Crippen LogP contribution is -2.38. The van der Waals surface area contributed by atoms with Gasteiger partial charge in [-0.3, -0.25) is 9.59 Å². The van der Waals surface area contributed by atoms with Gasteiger partial charge < -0.3 is 0 Å². The minimum atomic E-state index is -0.297. The Balaban J connectivity index is 2.41. The van der Waals surface area contributed by atoms with Crippen molar-refractivity contribution in [3.8, 4) is 0 Å². The Morgan fingerprint density at radius 1 is 1.00 bits per heavy atom. The van der Waals surface area contributed by atoms with Crippen molar-refractivity contribution in [2.75, 3.05) is 0 Å². The molecule has 12 heavy (non-hydrogen) atoms. The van der Waals surface area contributed by atoms with E-state index < -0.39 is 0 Å². The van der Waals surface area contributed by atoms with E-state index in [0.29, 0.717) is 24.0 Å². The second-order valence-electron chi connectivity index (χ2n) is 3.14. The quantitative estimate of drug-likeness (QED) is 0.315. The van der Waals surface area contributed by atoms with E-state index in [0.717, 1.165) is 17.9 Å². The minimum absolute atomic E-state index is 0.297. The molecule has 0 aromatic carbocycles. The molecule has 4 heteroatoms. The molecule has 1 aliphatic heterocycles. The van der Waals surface area contributed by atoms with E-state index in [-0.39, 0.29) is 11.8 Å². The van der Waals surface area contributed by atoms with Crippen LogP contribution in [0.3, 0.4) is 0 Å². The fraction of sp³-hybridized carbons (Fsp3) is 0.500. The van der Waals surface area contributed by atoms with Crippen LogP contribution in [0, 0.1) is 0 Å². The third-order valence-electron chi connectivity index (χ3n) is 2.42. The second kappa shape index (κ2) is 2.42. The van der Waals surface area contributed by atoms with Crippen molar-refractivity contribution in [2.24, 2.45) is 5.84 Å². The first-order valence-electron chi connectivity index (χ1n) is 4.07. The van der Waals surface area contributed by atoms with E-state index in [9.17, 15) is 9.59 Å². The van der Waals surface area contributed by atoms with Gasteiger partial charge >= 0.3 is 0 Å². The summed E-state index contributed by atoms with van der Waals surface area (Å²) in [5.41, 5.74) is 1.29. The Morgan fingerprint density at radius 3 is 1.83 bits per heavy atom. The third kappa shape index (κ3) is 0.814. The Bertz CT molecular complexity index is 265. The van der Waals surface area contributed by atoms with Crippen molar-refractivity contribution >= 4 is 11.8 Å². The highest BCUT2D eigenvalue weighted by atomic mass is 16.2. The van der Waals surface area contributed by atoms with Gasteiger partial charge in [0.15, 0.2) is 0 Å². The maximum absolute atomic E-state index is 11.3. The van der Waals surface area contributed by atoms with Crippen molar-refractivity contribution in [2.45, 2.75) is 25.7 Å². The highest BCUT2D eigenvalue weighted by Crippen LogP contribution is 2.31. The summed E-state index contributed by atoms with van der Waals surface area (Å²) in [6.45, 7) is 0. The van der Waals surface area contributed by atoms with Gasteiger partial charge in [0.1, 0.15) is 0 Å². The largest absolute Gasteiger partial charge is 0.271 e. The number of imide groups is 1. The Morgan fingerprint density at radius 2 is 1.42 bits per heavy atom. The normalized spacial score (nSPS) is 23.6. The number of hydrogen-bond acceptors (Lipinski definition) is 3. The lowest BCUT2D eigenvalue weighted by Gasteiger charge is -2.08. The zero-order valence-corrected chi connectivity index (χ0v) is 6.67. The maximum atomic E-state index is 11.3. The summed E-state index contributed by atoms with van der Waals surface area (Å²) in [6.07, 6.45) is 3.42. The predicted octanol–water partition coefficient (Wildman–Crippen LogP) is 0.0995. The van der Waals surface area contributed by atoms with Gasteiger partial charge in [-0.15, -0.1) is 0 Å². The summed E-state index contributed by atoms with van der Waals surface area (Å²) in [5.74, 6) is 4.68. The number of hydrogen-bond donors (Lipinski definition) is 1. The van der Waals surface area contributed by atoms with Crippen LogP contribution in [0.15, 0.2) is 11.1 Å². The highest BCUT2D eigenvalue weighted by molar-refractivity contribution is 6.18. The lowest BCUT2D eigenvalue weighted by atomic mass is 9.93. The molecule has 2 amide bonds. The van der Waals surface area contributed by atoms with E-state index in [1.54, 1.807) is 0 Å².